The van der Waals surface area contributed by atoms with Gasteiger partial charge in [-0.1, -0.05) is 13.8 Å². The molecule has 0 aliphatic carbocycles. The van der Waals surface area contributed by atoms with Crippen molar-refractivity contribution in [1.82, 2.24) is 31.9 Å². The molecule has 0 bridgehead atoms. The predicted octanol–water partition coefficient (Wildman–Crippen LogP) is -8.41. The Kier molecular flexibility index (Phi) is 25.2. The van der Waals surface area contributed by atoms with Gasteiger partial charge in [0.1, 0.15) is 36.3 Å². The maximum atomic E-state index is 13.5. The highest BCUT2D eigenvalue weighted by molar-refractivity contribution is 5.98. The van der Waals surface area contributed by atoms with Gasteiger partial charge in [0.25, 0.3) is 0 Å². The molecule has 0 aromatic heterocycles. The summed E-state index contributed by atoms with van der Waals surface area (Å²) in [6, 6.07) is -10.9. The molecule has 27 nitrogen and oxygen atoms in total. The van der Waals surface area contributed by atoms with Crippen molar-refractivity contribution in [2.24, 2.45) is 56.0 Å². The summed E-state index contributed by atoms with van der Waals surface area (Å²) >= 11 is 0. The van der Waals surface area contributed by atoms with Crippen molar-refractivity contribution >= 4 is 65.1 Å². The van der Waals surface area contributed by atoms with Crippen LogP contribution in [0.5, 0.6) is 0 Å². The summed E-state index contributed by atoms with van der Waals surface area (Å²) in [5, 5.41) is 42.9. The first-order valence-corrected chi connectivity index (χ1v) is 18.7. The van der Waals surface area contributed by atoms with Gasteiger partial charge in [-0.3, -0.25) is 48.3 Å². The second-order valence-corrected chi connectivity index (χ2v) is 13.9. The van der Waals surface area contributed by atoms with E-state index >= 15 is 0 Å². The number of aliphatic hydroxyl groups is 2. The molecule has 8 amide bonds. The number of carboxylic acid groups (broad SMARTS) is 1. The number of nitrogens with one attached hydrogen (secondary N) is 6. The van der Waals surface area contributed by atoms with E-state index in [1.54, 1.807) is 13.8 Å². The number of guanidine groups is 2. The molecule has 0 aromatic rings. The van der Waals surface area contributed by atoms with Gasteiger partial charge in [-0.15, -0.1) is 0 Å². The highest BCUT2D eigenvalue weighted by Crippen LogP contribution is 2.08. The number of aliphatic hydroxyl groups excluding tert-OH is 2. The van der Waals surface area contributed by atoms with Crippen molar-refractivity contribution in [2.45, 2.75) is 108 Å². The molecule has 0 fully saturated rings. The number of hydrogen-bond donors (Lipinski definition) is 16. The molecule has 0 heterocycles. The molecule has 0 saturated carbocycles. The molecule has 340 valence electrons. The molecule has 0 saturated heterocycles. The maximum absolute atomic E-state index is 13.5. The number of carbonyl (C=O) groups is 9. The van der Waals surface area contributed by atoms with Gasteiger partial charge in [0.05, 0.1) is 25.7 Å². The zero-order valence-electron chi connectivity index (χ0n) is 33.6. The van der Waals surface area contributed by atoms with E-state index in [4.69, 9.17) is 40.1 Å². The number of aliphatic imine (C=N–C) groups is 2. The van der Waals surface area contributed by atoms with Gasteiger partial charge in [-0.05, 0) is 44.4 Å². The van der Waals surface area contributed by atoms with E-state index in [0.717, 1.165) is 0 Å². The molecule has 0 rings (SSSR count). The Hall–Kier alpha value is -6.35. The Morgan fingerprint density at radius 3 is 1.35 bits per heavy atom. The molecule has 7 atom stereocenters. The van der Waals surface area contributed by atoms with Crippen molar-refractivity contribution in [3.05, 3.63) is 0 Å². The van der Waals surface area contributed by atoms with E-state index in [9.17, 15) is 58.5 Å². The van der Waals surface area contributed by atoms with Crippen molar-refractivity contribution in [2.75, 3.05) is 26.3 Å². The Bertz CT molecular complexity index is 1550. The summed E-state index contributed by atoms with van der Waals surface area (Å²) in [7, 11) is 0. The molecule has 0 unspecified atom stereocenters. The van der Waals surface area contributed by atoms with E-state index in [2.05, 4.69) is 41.9 Å². The van der Waals surface area contributed by atoms with E-state index in [1.165, 1.54) is 0 Å². The molecule has 0 aromatic carbocycles. The van der Waals surface area contributed by atoms with Crippen LogP contribution >= 0.6 is 0 Å². The third kappa shape index (κ3) is 22.6. The standard InChI is InChI=1S/C33H61N15O12/c1-15(2)11-19(27(55)48-21(13-49)29(57)44-18(31(59)60)6-4-10-42-33(39)40)45-28(56)20(12-24(36)52)46-30(58)22(14-50)47-26(54)17(7-8-23(35)51)43-25(53)16(34)5-3-9-41-32(37)38/h15-22,49-50H,3-14,34H2,1-2H3,(H2,35,51)(H2,36,52)(H,43,53)(H,44,57)(H,45,56)(H,46,58)(H,47,54)(H,48,55)(H,59,60)(H4,37,38,41)(H4,39,40,42)/t16-,17-,18-,19-,20-,21-,22-/m0/s1. The van der Waals surface area contributed by atoms with Gasteiger partial charge >= 0.3 is 5.97 Å². The lowest BCUT2D eigenvalue weighted by molar-refractivity contribution is -0.142. The first-order valence-electron chi connectivity index (χ1n) is 18.7. The van der Waals surface area contributed by atoms with Crippen molar-refractivity contribution in [1.29, 1.82) is 0 Å². The van der Waals surface area contributed by atoms with Crippen LogP contribution in [0.2, 0.25) is 0 Å². The van der Waals surface area contributed by atoms with Gasteiger partial charge in [0, 0.05) is 19.5 Å². The second kappa shape index (κ2) is 28.1. The summed E-state index contributed by atoms with van der Waals surface area (Å²) in [6.45, 7) is 1.49. The number of rotatable bonds is 30. The minimum atomic E-state index is -1.82. The van der Waals surface area contributed by atoms with Crippen LogP contribution in [0.3, 0.4) is 0 Å². The number of hydrogen-bond acceptors (Lipinski definition) is 14. The van der Waals surface area contributed by atoms with Gasteiger partial charge < -0.3 is 87.4 Å². The van der Waals surface area contributed by atoms with Crippen molar-refractivity contribution in [3.63, 3.8) is 0 Å². The molecule has 23 N–H and O–H groups in total. The highest BCUT2D eigenvalue weighted by Gasteiger charge is 2.34. The van der Waals surface area contributed by atoms with Crippen molar-refractivity contribution in [3.8, 4) is 0 Å². The number of carbonyl (C=O) groups excluding carboxylic acids is 8. The second-order valence-electron chi connectivity index (χ2n) is 13.9. The summed E-state index contributed by atoms with van der Waals surface area (Å²) < 4.78 is 0. The molecular weight excluding hydrogens is 798 g/mol. The highest BCUT2D eigenvalue weighted by atomic mass is 16.4. The number of amides is 8. The van der Waals surface area contributed by atoms with Gasteiger partial charge in [0.2, 0.25) is 47.3 Å². The van der Waals surface area contributed by atoms with Crippen LogP contribution in [0, 0.1) is 5.92 Å². The smallest absolute Gasteiger partial charge is 0.326 e. The number of primary amides is 2. The van der Waals surface area contributed by atoms with E-state index < -0.39 is 122 Å². The monoisotopic (exact) mass is 859 g/mol. The zero-order chi connectivity index (χ0) is 46.1. The fraction of sp³-hybridized carbons (Fsp3) is 0.667. The third-order valence-electron chi connectivity index (χ3n) is 8.19. The average Bonchev–Trinajstić information content (AvgIpc) is 3.15. The van der Waals surface area contributed by atoms with Crippen LogP contribution in [0.1, 0.15) is 65.2 Å². The number of aliphatic carboxylic acids is 1. The van der Waals surface area contributed by atoms with Gasteiger partial charge in [-0.25, -0.2) is 4.79 Å². The van der Waals surface area contributed by atoms with Crippen LogP contribution in [0.25, 0.3) is 0 Å². The Morgan fingerprint density at radius 1 is 0.517 bits per heavy atom. The molecule has 60 heavy (non-hydrogen) atoms. The average molecular weight is 860 g/mol. The van der Waals surface area contributed by atoms with Crippen LogP contribution < -0.4 is 72.0 Å². The number of nitrogens with zero attached hydrogens (tertiary/aromatic N) is 2. The fourth-order valence-electron chi connectivity index (χ4n) is 5.11. The SMILES string of the molecule is CC(C)C[C@H](NC(=O)[C@H](CC(N)=O)NC(=O)[C@H](CO)NC(=O)[C@H](CCC(N)=O)NC(=O)[C@@H](N)CCCN=C(N)N)C(=O)N[C@@H](CO)C(=O)N[C@@H](CCCN=C(N)N)C(=O)O. The normalized spacial score (nSPS) is 14.3. The largest absolute Gasteiger partial charge is 0.480 e. The van der Waals surface area contributed by atoms with Crippen LogP contribution in [0.15, 0.2) is 9.98 Å². The predicted molar refractivity (Wildman–Crippen MR) is 213 cm³/mol. The van der Waals surface area contributed by atoms with Crippen molar-refractivity contribution < 1.29 is 58.5 Å². The fourth-order valence-corrected chi connectivity index (χ4v) is 5.11. The lowest BCUT2D eigenvalue weighted by Crippen LogP contribution is -2.61. The molecular formula is C33H61N15O12. The zero-order valence-corrected chi connectivity index (χ0v) is 33.6. The number of nitrogens with two attached hydrogens (primary N) is 7. The minimum absolute atomic E-state index is 0.0599. The lowest BCUT2D eigenvalue weighted by Gasteiger charge is -2.27. The van der Waals surface area contributed by atoms with Crippen LogP contribution in [-0.2, 0) is 43.2 Å². The van der Waals surface area contributed by atoms with Gasteiger partial charge in [-0.2, -0.15) is 0 Å². The first kappa shape index (κ1) is 53.6. The summed E-state index contributed by atoms with van der Waals surface area (Å²) in [5.74, 6) is -10.4. The minimum Gasteiger partial charge on any atom is -0.480 e. The van der Waals surface area contributed by atoms with E-state index in [-0.39, 0.29) is 63.0 Å². The van der Waals surface area contributed by atoms with Crippen LogP contribution in [0.4, 0.5) is 0 Å². The molecule has 0 radical (unpaired) electrons. The molecule has 0 spiro atoms. The first-order chi connectivity index (χ1) is 28.0. The summed E-state index contributed by atoms with van der Waals surface area (Å²) in [4.78, 5) is 122. The molecule has 0 aliphatic heterocycles. The quantitative estimate of drug-likeness (QED) is 0.0181. The Morgan fingerprint density at radius 2 is 0.917 bits per heavy atom. The van der Waals surface area contributed by atoms with E-state index in [0.29, 0.717) is 6.42 Å². The summed E-state index contributed by atoms with van der Waals surface area (Å²) in [5.41, 5.74) is 37.4. The Balaban J connectivity index is 6.00. The maximum Gasteiger partial charge on any atom is 0.326 e. The molecule has 0 aliphatic rings. The van der Waals surface area contributed by atoms with E-state index in [1.807, 2.05) is 0 Å². The lowest BCUT2D eigenvalue weighted by atomic mass is 10.0. The van der Waals surface area contributed by atoms with Crippen LogP contribution in [-0.4, -0.2) is 149 Å². The summed E-state index contributed by atoms with van der Waals surface area (Å²) in [6.07, 6.45) is -1.27. The Labute approximate surface area is 345 Å². The van der Waals surface area contributed by atoms with Gasteiger partial charge in [0.15, 0.2) is 11.9 Å². The number of carboxylic acids is 1. The molecule has 27 heteroatoms. The topological polar surface area (TPSA) is 493 Å². The third-order valence-corrected chi connectivity index (χ3v) is 8.19.